The van der Waals surface area contributed by atoms with Crippen molar-refractivity contribution in [2.75, 3.05) is 0 Å². The number of carboxylic acids is 1. The first-order valence-corrected chi connectivity index (χ1v) is 7.57. The highest BCUT2D eigenvalue weighted by molar-refractivity contribution is 7.87. The van der Waals surface area contributed by atoms with Crippen molar-refractivity contribution in [2.45, 2.75) is 24.3 Å². The van der Waals surface area contributed by atoms with Gasteiger partial charge in [-0.25, -0.2) is 9.59 Å². The van der Waals surface area contributed by atoms with Gasteiger partial charge in [-0.15, -0.1) is 0 Å². The molecule has 21 heavy (non-hydrogen) atoms. The predicted octanol–water partition coefficient (Wildman–Crippen LogP) is 2.27. The van der Waals surface area contributed by atoms with Gasteiger partial charge in [0.25, 0.3) is 0 Å². The Kier molecular flexibility index (Phi) is 5.08. The fraction of sp³-hybridized carbons (Fsp3) is 0.273. The molecular formula is C11H11Cl2NO6S. The SMILES string of the molecule is CC(C)(NC(=O)OS(=O)(=O)c1ccc(Cl)c(Cl)c1)C(=O)O. The van der Waals surface area contributed by atoms with E-state index in [1.807, 2.05) is 5.32 Å². The van der Waals surface area contributed by atoms with Crippen LogP contribution in [0.4, 0.5) is 4.79 Å². The standard InChI is InChI=1S/C11H11Cl2NO6S/c1-11(2,9(15)16)14-10(17)20-21(18,19)6-3-4-7(12)8(13)5-6/h3-5H,1-2H3,(H,14,17)(H,15,16). The second-order valence-electron chi connectivity index (χ2n) is 4.46. The summed E-state index contributed by atoms with van der Waals surface area (Å²) in [5.41, 5.74) is -1.69. The minimum atomic E-state index is -4.44. The van der Waals surface area contributed by atoms with E-state index >= 15 is 0 Å². The first-order chi connectivity index (χ1) is 9.45. The molecular weight excluding hydrogens is 345 g/mol. The lowest BCUT2D eigenvalue weighted by Gasteiger charge is -2.20. The van der Waals surface area contributed by atoms with E-state index in [0.29, 0.717) is 0 Å². The maximum Gasteiger partial charge on any atom is 0.423 e. The van der Waals surface area contributed by atoms with Crippen molar-refractivity contribution in [2.24, 2.45) is 0 Å². The smallest absolute Gasteiger partial charge is 0.423 e. The molecule has 0 saturated heterocycles. The minimum absolute atomic E-state index is 0.0346. The largest absolute Gasteiger partial charge is 0.480 e. The van der Waals surface area contributed by atoms with E-state index in [1.54, 1.807) is 0 Å². The van der Waals surface area contributed by atoms with Gasteiger partial charge in [-0.1, -0.05) is 23.2 Å². The molecule has 1 rings (SSSR count). The molecule has 0 unspecified atom stereocenters. The molecule has 0 aliphatic rings. The molecule has 0 aliphatic carbocycles. The quantitative estimate of drug-likeness (QED) is 0.801. The Labute approximate surface area is 130 Å². The third kappa shape index (κ3) is 4.48. The Balaban J connectivity index is 2.93. The number of halogens is 2. The summed E-state index contributed by atoms with van der Waals surface area (Å²) >= 11 is 11.3. The van der Waals surface area contributed by atoms with Crippen molar-refractivity contribution in [3.05, 3.63) is 28.2 Å². The van der Waals surface area contributed by atoms with E-state index in [9.17, 15) is 18.0 Å². The van der Waals surface area contributed by atoms with Gasteiger partial charge in [-0.3, -0.25) is 0 Å². The lowest BCUT2D eigenvalue weighted by Crippen LogP contribution is -2.50. The first-order valence-electron chi connectivity index (χ1n) is 5.41. The van der Waals surface area contributed by atoms with E-state index < -0.39 is 27.7 Å². The van der Waals surface area contributed by atoms with Crippen molar-refractivity contribution in [1.29, 1.82) is 0 Å². The molecule has 0 atom stereocenters. The highest BCUT2D eigenvalue weighted by atomic mass is 35.5. The molecule has 1 aromatic rings. The Hall–Kier alpha value is -1.51. The van der Waals surface area contributed by atoms with Gasteiger partial charge in [0.2, 0.25) is 0 Å². The number of aliphatic carboxylic acids is 1. The zero-order valence-electron chi connectivity index (χ0n) is 10.9. The molecule has 0 heterocycles. The number of carboxylic acid groups (broad SMARTS) is 1. The maximum absolute atomic E-state index is 11.8. The topological polar surface area (TPSA) is 110 Å². The van der Waals surface area contributed by atoms with Gasteiger partial charge in [0.1, 0.15) is 10.4 Å². The van der Waals surface area contributed by atoms with E-state index in [1.165, 1.54) is 19.9 Å². The van der Waals surface area contributed by atoms with Crippen LogP contribution in [0.5, 0.6) is 0 Å². The van der Waals surface area contributed by atoms with E-state index in [-0.39, 0.29) is 14.9 Å². The fourth-order valence-electron chi connectivity index (χ4n) is 1.11. The molecule has 10 heteroatoms. The molecule has 1 aromatic carbocycles. The average molecular weight is 356 g/mol. The molecule has 0 aromatic heterocycles. The number of carbonyl (C=O) groups excluding carboxylic acids is 1. The van der Waals surface area contributed by atoms with Crippen LogP contribution in [0.3, 0.4) is 0 Å². The van der Waals surface area contributed by atoms with Gasteiger partial charge >= 0.3 is 22.2 Å². The highest BCUT2D eigenvalue weighted by Gasteiger charge is 2.32. The van der Waals surface area contributed by atoms with Gasteiger partial charge in [-0.05, 0) is 32.0 Å². The van der Waals surface area contributed by atoms with Crippen molar-refractivity contribution < 1.29 is 27.3 Å². The van der Waals surface area contributed by atoms with Crippen LogP contribution in [0.1, 0.15) is 13.8 Å². The molecule has 0 radical (unpaired) electrons. The number of hydrogen-bond acceptors (Lipinski definition) is 5. The van der Waals surface area contributed by atoms with Crippen LogP contribution < -0.4 is 5.32 Å². The average Bonchev–Trinajstić information content (AvgIpc) is 2.30. The molecule has 116 valence electrons. The lowest BCUT2D eigenvalue weighted by atomic mass is 10.1. The number of benzene rings is 1. The molecule has 1 amide bonds. The Bertz CT molecular complexity index is 686. The summed E-state index contributed by atoms with van der Waals surface area (Å²) in [6.45, 7) is 2.34. The van der Waals surface area contributed by atoms with Crippen molar-refractivity contribution in [3.8, 4) is 0 Å². The van der Waals surface area contributed by atoms with Crippen LogP contribution in [0, 0.1) is 0 Å². The number of amides is 1. The maximum atomic E-state index is 11.8. The molecule has 0 saturated carbocycles. The summed E-state index contributed by atoms with van der Waals surface area (Å²) in [5.74, 6) is -1.36. The third-order valence-electron chi connectivity index (χ3n) is 2.31. The van der Waals surface area contributed by atoms with Crippen molar-refractivity contribution in [3.63, 3.8) is 0 Å². The second kappa shape index (κ2) is 6.08. The monoisotopic (exact) mass is 355 g/mol. The molecule has 0 bridgehead atoms. The van der Waals surface area contributed by atoms with E-state index in [4.69, 9.17) is 28.3 Å². The first kappa shape index (κ1) is 17.5. The summed E-state index contributed by atoms with van der Waals surface area (Å²) in [5, 5.41) is 10.8. The summed E-state index contributed by atoms with van der Waals surface area (Å²) in [7, 11) is -4.44. The fourth-order valence-corrected chi connectivity index (χ4v) is 2.31. The van der Waals surface area contributed by atoms with Gasteiger partial charge in [0, 0.05) is 0 Å². The molecule has 7 nitrogen and oxygen atoms in total. The summed E-state index contributed by atoms with van der Waals surface area (Å²) in [6, 6.07) is 3.33. The normalized spacial score (nSPS) is 11.8. The van der Waals surface area contributed by atoms with Gasteiger partial charge in [0.15, 0.2) is 0 Å². The predicted molar refractivity (Wildman–Crippen MR) is 75.0 cm³/mol. The second-order valence-corrected chi connectivity index (χ2v) is 6.82. The number of hydrogen-bond donors (Lipinski definition) is 2. The van der Waals surface area contributed by atoms with Crippen LogP contribution in [0.25, 0.3) is 0 Å². The zero-order chi connectivity index (χ0) is 16.4. The lowest BCUT2D eigenvalue weighted by molar-refractivity contribution is -0.143. The summed E-state index contributed by atoms with van der Waals surface area (Å²) < 4.78 is 27.9. The number of nitrogens with one attached hydrogen (secondary N) is 1. The van der Waals surface area contributed by atoms with Gasteiger partial charge in [0.05, 0.1) is 10.0 Å². The van der Waals surface area contributed by atoms with Crippen LogP contribution in [-0.4, -0.2) is 31.1 Å². The zero-order valence-corrected chi connectivity index (χ0v) is 13.2. The van der Waals surface area contributed by atoms with E-state index in [0.717, 1.165) is 12.1 Å². The van der Waals surface area contributed by atoms with Gasteiger partial charge in [-0.2, -0.15) is 8.42 Å². The van der Waals surface area contributed by atoms with Crippen molar-refractivity contribution >= 4 is 45.4 Å². The van der Waals surface area contributed by atoms with Crippen LogP contribution >= 0.6 is 23.2 Å². The Morgan fingerprint density at radius 3 is 2.29 bits per heavy atom. The van der Waals surface area contributed by atoms with Crippen LogP contribution in [-0.2, 0) is 19.1 Å². The van der Waals surface area contributed by atoms with Crippen LogP contribution in [0.15, 0.2) is 23.1 Å². The summed E-state index contributed by atoms with van der Waals surface area (Å²) in [4.78, 5) is 21.9. The minimum Gasteiger partial charge on any atom is -0.480 e. The molecule has 2 N–H and O–H groups in total. The molecule has 0 fully saturated rings. The number of rotatable bonds is 4. The molecule has 0 aliphatic heterocycles. The number of carbonyl (C=O) groups is 2. The van der Waals surface area contributed by atoms with E-state index in [2.05, 4.69) is 4.18 Å². The van der Waals surface area contributed by atoms with Gasteiger partial charge < -0.3 is 14.6 Å². The Morgan fingerprint density at radius 1 is 1.24 bits per heavy atom. The molecule has 0 spiro atoms. The van der Waals surface area contributed by atoms with Crippen LogP contribution in [0.2, 0.25) is 10.0 Å². The highest BCUT2D eigenvalue weighted by Crippen LogP contribution is 2.25. The Morgan fingerprint density at radius 2 is 1.81 bits per heavy atom. The third-order valence-corrected chi connectivity index (χ3v) is 4.26. The van der Waals surface area contributed by atoms with Crippen molar-refractivity contribution in [1.82, 2.24) is 5.32 Å². The summed E-state index contributed by atoms with van der Waals surface area (Å²) in [6.07, 6.45) is -1.42.